The molecule has 4 aromatic rings. The molecule has 2 aromatic carbocycles. The summed E-state index contributed by atoms with van der Waals surface area (Å²) in [4.78, 5) is 20.2. The molecule has 0 amide bonds. The molecule has 2 aromatic heterocycles. The van der Waals surface area contributed by atoms with Gasteiger partial charge in [0.05, 0.1) is 48.9 Å². The van der Waals surface area contributed by atoms with Gasteiger partial charge in [0.1, 0.15) is 28.6 Å². The van der Waals surface area contributed by atoms with E-state index >= 15 is 0 Å². The van der Waals surface area contributed by atoms with Crippen LogP contribution in [0, 0.1) is 0 Å². The summed E-state index contributed by atoms with van der Waals surface area (Å²) in [7, 11) is 4.48. The van der Waals surface area contributed by atoms with Crippen LogP contribution in [0.3, 0.4) is 0 Å². The molecule has 0 atom stereocenters. The SMILES string of the molecule is C=C(Cc1[nH]nc2ccccc12)OC(=NC)c1c(O)c(-c2c(OC)cccc2OC)c(COCC)[nH]c1=O. The van der Waals surface area contributed by atoms with Crippen molar-refractivity contribution in [1.82, 2.24) is 15.2 Å². The highest BCUT2D eigenvalue weighted by atomic mass is 16.5. The van der Waals surface area contributed by atoms with Crippen LogP contribution in [-0.2, 0) is 22.5 Å². The van der Waals surface area contributed by atoms with E-state index in [1.165, 1.54) is 21.3 Å². The molecule has 4 rings (SSSR count). The van der Waals surface area contributed by atoms with Gasteiger partial charge >= 0.3 is 0 Å². The minimum absolute atomic E-state index is 0.0369. The Hall–Kier alpha value is -4.57. The number of aliphatic imine (C=N–C) groups is 1. The lowest BCUT2D eigenvalue weighted by Gasteiger charge is -2.19. The molecule has 0 aliphatic rings. The topological polar surface area (TPSA) is 131 Å². The van der Waals surface area contributed by atoms with Crippen LogP contribution in [-0.4, -0.2) is 54.1 Å². The summed E-state index contributed by atoms with van der Waals surface area (Å²) in [5, 5.41) is 19.8. The Morgan fingerprint density at radius 3 is 2.42 bits per heavy atom. The Morgan fingerprint density at radius 2 is 1.76 bits per heavy atom. The smallest absolute Gasteiger partial charge is 0.264 e. The fraction of sp³-hybridized carbons (Fsp3) is 0.250. The second kappa shape index (κ2) is 11.7. The summed E-state index contributed by atoms with van der Waals surface area (Å²) < 4.78 is 22.6. The summed E-state index contributed by atoms with van der Waals surface area (Å²) in [5.41, 5.74) is 1.91. The van der Waals surface area contributed by atoms with Gasteiger partial charge in [-0.2, -0.15) is 5.10 Å². The Balaban J connectivity index is 1.78. The second-order valence-corrected chi connectivity index (χ2v) is 8.27. The molecular formula is C28H30N4O6. The standard InChI is InChI=1S/C28H30N4O6/c1-6-37-15-20-23(24-21(35-4)12-9-13-22(24)36-5)26(33)25(27(34)30-20)28(29-3)38-16(2)14-19-17-10-7-8-11-18(17)31-32-19/h7-13H,2,6,14-15H2,1,3-5H3,(H,31,32)(H2,30,33,34). The van der Waals surface area contributed by atoms with Crippen LogP contribution in [0.15, 0.2) is 64.6 Å². The van der Waals surface area contributed by atoms with Crippen molar-refractivity contribution in [2.75, 3.05) is 27.9 Å². The number of aromatic nitrogens is 3. The van der Waals surface area contributed by atoms with Gasteiger partial charge in [-0.3, -0.25) is 14.9 Å². The molecule has 10 nitrogen and oxygen atoms in total. The molecule has 0 fully saturated rings. The molecule has 38 heavy (non-hydrogen) atoms. The number of allylic oxidation sites excluding steroid dienone is 1. The molecule has 0 unspecified atom stereocenters. The highest BCUT2D eigenvalue weighted by Crippen LogP contribution is 2.44. The van der Waals surface area contributed by atoms with Gasteiger partial charge in [0.2, 0.25) is 5.90 Å². The number of rotatable bonds is 10. The van der Waals surface area contributed by atoms with Gasteiger partial charge in [0, 0.05) is 25.5 Å². The molecule has 0 radical (unpaired) electrons. The van der Waals surface area contributed by atoms with Gasteiger partial charge in [-0.25, -0.2) is 0 Å². The predicted octanol–water partition coefficient (Wildman–Crippen LogP) is 4.33. The average molecular weight is 519 g/mol. The summed E-state index contributed by atoms with van der Waals surface area (Å²) in [6.07, 6.45) is 0.286. The van der Waals surface area contributed by atoms with E-state index in [2.05, 4.69) is 26.8 Å². The van der Waals surface area contributed by atoms with Crippen molar-refractivity contribution in [2.24, 2.45) is 4.99 Å². The molecular weight excluding hydrogens is 488 g/mol. The monoisotopic (exact) mass is 518 g/mol. The van der Waals surface area contributed by atoms with Gasteiger partial charge in [-0.05, 0) is 25.1 Å². The lowest BCUT2D eigenvalue weighted by molar-refractivity contribution is 0.131. The Bertz CT molecular complexity index is 1530. The number of fused-ring (bicyclic) bond motifs is 1. The summed E-state index contributed by atoms with van der Waals surface area (Å²) in [5.74, 6) is 0.708. The van der Waals surface area contributed by atoms with Crippen molar-refractivity contribution in [3.63, 3.8) is 0 Å². The number of aromatic hydroxyl groups is 1. The number of para-hydroxylation sites is 1. The zero-order valence-electron chi connectivity index (χ0n) is 21.8. The van der Waals surface area contributed by atoms with Crippen LogP contribution >= 0.6 is 0 Å². The zero-order chi connectivity index (χ0) is 27.2. The van der Waals surface area contributed by atoms with Crippen molar-refractivity contribution in [3.8, 4) is 28.4 Å². The number of ether oxygens (including phenoxy) is 4. The van der Waals surface area contributed by atoms with E-state index in [-0.39, 0.29) is 35.8 Å². The second-order valence-electron chi connectivity index (χ2n) is 8.27. The van der Waals surface area contributed by atoms with Crippen molar-refractivity contribution < 1.29 is 24.1 Å². The van der Waals surface area contributed by atoms with Gasteiger partial charge in [0.15, 0.2) is 0 Å². The number of methoxy groups -OCH3 is 2. The van der Waals surface area contributed by atoms with Crippen LogP contribution in [0.25, 0.3) is 22.0 Å². The van der Waals surface area contributed by atoms with E-state index in [4.69, 9.17) is 18.9 Å². The summed E-state index contributed by atoms with van der Waals surface area (Å²) >= 11 is 0. The fourth-order valence-corrected chi connectivity index (χ4v) is 4.24. The van der Waals surface area contributed by atoms with E-state index < -0.39 is 5.56 Å². The molecule has 3 N–H and O–H groups in total. The summed E-state index contributed by atoms with van der Waals surface area (Å²) in [6, 6.07) is 12.9. The minimum Gasteiger partial charge on any atom is -0.506 e. The van der Waals surface area contributed by atoms with Crippen LogP contribution in [0.2, 0.25) is 0 Å². The molecule has 10 heteroatoms. The fourth-order valence-electron chi connectivity index (χ4n) is 4.24. The van der Waals surface area contributed by atoms with E-state index in [0.29, 0.717) is 35.1 Å². The van der Waals surface area contributed by atoms with Gasteiger partial charge in [-0.1, -0.05) is 30.8 Å². The predicted molar refractivity (Wildman–Crippen MR) is 145 cm³/mol. The van der Waals surface area contributed by atoms with Gasteiger partial charge < -0.3 is 29.0 Å². The summed E-state index contributed by atoms with van der Waals surface area (Å²) in [6.45, 7) is 6.27. The first-order valence-electron chi connectivity index (χ1n) is 11.9. The number of nitrogens with one attached hydrogen (secondary N) is 2. The Kier molecular flexibility index (Phi) is 8.12. The largest absolute Gasteiger partial charge is 0.506 e. The molecule has 0 aliphatic carbocycles. The van der Waals surface area contributed by atoms with Crippen molar-refractivity contribution >= 4 is 16.8 Å². The first-order valence-corrected chi connectivity index (χ1v) is 11.9. The first kappa shape index (κ1) is 26.5. The number of hydrogen-bond acceptors (Lipinski definition) is 8. The van der Waals surface area contributed by atoms with Crippen LogP contribution in [0.4, 0.5) is 0 Å². The van der Waals surface area contributed by atoms with E-state index in [1.54, 1.807) is 18.2 Å². The normalized spacial score (nSPS) is 11.5. The number of nitrogens with zero attached hydrogens (tertiary/aromatic N) is 2. The molecule has 0 spiro atoms. The number of aromatic amines is 2. The molecule has 0 saturated carbocycles. The van der Waals surface area contributed by atoms with Gasteiger partial charge in [-0.15, -0.1) is 0 Å². The third-order valence-electron chi connectivity index (χ3n) is 5.97. The molecule has 0 bridgehead atoms. The maximum Gasteiger partial charge on any atom is 0.264 e. The van der Waals surface area contributed by atoms with E-state index in [1.807, 2.05) is 31.2 Å². The van der Waals surface area contributed by atoms with Crippen LogP contribution < -0.4 is 15.0 Å². The highest BCUT2D eigenvalue weighted by molar-refractivity contribution is 6.00. The number of H-pyrrole nitrogens is 2. The van der Waals surface area contributed by atoms with Crippen LogP contribution in [0.1, 0.15) is 23.9 Å². The Morgan fingerprint density at radius 1 is 1.05 bits per heavy atom. The van der Waals surface area contributed by atoms with Crippen molar-refractivity contribution in [1.29, 1.82) is 0 Å². The van der Waals surface area contributed by atoms with Crippen molar-refractivity contribution in [2.45, 2.75) is 20.0 Å². The Labute approximate surface area is 219 Å². The third kappa shape index (κ3) is 5.12. The van der Waals surface area contributed by atoms with Crippen molar-refractivity contribution in [3.05, 3.63) is 82.1 Å². The molecule has 2 heterocycles. The highest BCUT2D eigenvalue weighted by Gasteiger charge is 2.27. The van der Waals surface area contributed by atoms with E-state index in [0.717, 1.165) is 16.6 Å². The lowest BCUT2D eigenvalue weighted by Crippen LogP contribution is -2.23. The zero-order valence-corrected chi connectivity index (χ0v) is 21.8. The quantitative estimate of drug-likeness (QED) is 0.162. The molecule has 0 saturated heterocycles. The lowest BCUT2D eigenvalue weighted by atomic mass is 9.98. The first-order chi connectivity index (χ1) is 18.4. The van der Waals surface area contributed by atoms with Crippen LogP contribution in [0.5, 0.6) is 17.2 Å². The minimum atomic E-state index is -0.602. The van der Waals surface area contributed by atoms with E-state index in [9.17, 15) is 9.90 Å². The van der Waals surface area contributed by atoms with Gasteiger partial charge in [0.25, 0.3) is 5.56 Å². The number of hydrogen-bond donors (Lipinski definition) is 3. The number of benzene rings is 2. The number of pyridine rings is 1. The third-order valence-corrected chi connectivity index (χ3v) is 5.97. The molecule has 198 valence electrons. The maximum atomic E-state index is 13.2. The molecule has 0 aliphatic heterocycles. The average Bonchev–Trinajstić information content (AvgIpc) is 3.33. The maximum absolute atomic E-state index is 13.2.